The minimum absolute atomic E-state index is 0.0112. The Hall–Kier alpha value is -1.26. The van der Waals surface area contributed by atoms with Gasteiger partial charge in [0.25, 0.3) is 0 Å². The molecule has 1 unspecified atom stereocenters. The molecule has 0 aromatic heterocycles. The van der Waals surface area contributed by atoms with Crippen LogP contribution in [-0.4, -0.2) is 38.0 Å². The average molecular weight is 313 g/mol. The summed E-state index contributed by atoms with van der Waals surface area (Å²) in [6, 6.07) is 0.375. The second kappa shape index (κ2) is 10.5. The predicted octanol–water partition coefficient (Wildman–Crippen LogP) is 2.53. The first kappa shape index (κ1) is 20.7. The number of guanidine groups is 1. The normalized spacial score (nSPS) is 13.9. The second-order valence-corrected chi connectivity index (χ2v) is 7.03. The molecule has 0 saturated heterocycles. The molecule has 1 amide bonds. The fourth-order valence-corrected chi connectivity index (χ4v) is 2.14. The van der Waals surface area contributed by atoms with Gasteiger partial charge in [-0.25, -0.2) is 0 Å². The Bertz CT molecular complexity index is 351. The predicted molar refractivity (Wildman–Crippen MR) is 95.1 cm³/mol. The number of hydrogen-bond acceptors (Lipinski definition) is 2. The summed E-state index contributed by atoms with van der Waals surface area (Å²) in [5.74, 6) is 1.55. The molecule has 0 aliphatic carbocycles. The molecule has 0 fully saturated rings. The summed E-state index contributed by atoms with van der Waals surface area (Å²) in [5, 5.41) is 9.37. The summed E-state index contributed by atoms with van der Waals surface area (Å²) < 4.78 is 0. The quantitative estimate of drug-likeness (QED) is 0.453. The Labute approximate surface area is 136 Å². The van der Waals surface area contributed by atoms with Crippen molar-refractivity contribution >= 4 is 11.9 Å². The molecular weight excluding hydrogens is 276 g/mol. The van der Waals surface area contributed by atoms with Crippen LogP contribution in [0.4, 0.5) is 0 Å². The highest BCUT2D eigenvalue weighted by Crippen LogP contribution is 2.15. The third kappa shape index (κ3) is 8.90. The van der Waals surface area contributed by atoms with Crippen LogP contribution in [-0.2, 0) is 4.79 Å². The van der Waals surface area contributed by atoms with Gasteiger partial charge in [-0.2, -0.15) is 0 Å². The SMILES string of the molecule is CCNC(=NCC(C)(C)C(=O)NC)NC(C)CCCC(C)C. The zero-order valence-electron chi connectivity index (χ0n) is 15.5. The molecule has 0 radical (unpaired) electrons. The molecule has 0 aliphatic rings. The number of amides is 1. The van der Waals surface area contributed by atoms with E-state index in [0.29, 0.717) is 12.6 Å². The molecule has 0 aromatic carbocycles. The van der Waals surface area contributed by atoms with Crippen LogP contribution >= 0.6 is 0 Å². The van der Waals surface area contributed by atoms with Gasteiger partial charge in [0.05, 0.1) is 12.0 Å². The zero-order chi connectivity index (χ0) is 17.2. The lowest BCUT2D eigenvalue weighted by Crippen LogP contribution is -2.44. The van der Waals surface area contributed by atoms with Gasteiger partial charge in [0.1, 0.15) is 0 Å². The maximum absolute atomic E-state index is 11.8. The molecule has 3 N–H and O–H groups in total. The maximum atomic E-state index is 11.8. The summed E-state index contributed by atoms with van der Waals surface area (Å²) >= 11 is 0. The number of hydrogen-bond donors (Lipinski definition) is 3. The van der Waals surface area contributed by atoms with Crippen molar-refractivity contribution in [3.63, 3.8) is 0 Å². The van der Waals surface area contributed by atoms with Crippen LogP contribution in [0.2, 0.25) is 0 Å². The Balaban J connectivity index is 4.51. The Morgan fingerprint density at radius 2 is 1.82 bits per heavy atom. The van der Waals surface area contributed by atoms with E-state index in [9.17, 15) is 4.79 Å². The van der Waals surface area contributed by atoms with Crippen LogP contribution in [0.25, 0.3) is 0 Å². The maximum Gasteiger partial charge on any atom is 0.227 e. The summed E-state index contributed by atoms with van der Waals surface area (Å²) in [5.41, 5.74) is -0.502. The van der Waals surface area contributed by atoms with E-state index in [-0.39, 0.29) is 5.91 Å². The highest BCUT2D eigenvalue weighted by molar-refractivity contribution is 5.83. The third-order valence-electron chi connectivity index (χ3n) is 3.62. The lowest BCUT2D eigenvalue weighted by molar-refractivity contribution is -0.128. The molecule has 0 spiro atoms. The number of nitrogens with one attached hydrogen (secondary N) is 3. The van der Waals surface area contributed by atoms with E-state index in [4.69, 9.17) is 0 Å². The van der Waals surface area contributed by atoms with E-state index in [1.54, 1.807) is 7.05 Å². The van der Waals surface area contributed by atoms with E-state index in [1.807, 2.05) is 20.8 Å². The van der Waals surface area contributed by atoms with Gasteiger partial charge in [-0.1, -0.05) is 26.7 Å². The Kier molecular flexibility index (Phi) is 9.86. The largest absolute Gasteiger partial charge is 0.359 e. The van der Waals surface area contributed by atoms with Crippen molar-refractivity contribution in [3.05, 3.63) is 0 Å². The van der Waals surface area contributed by atoms with E-state index in [0.717, 1.165) is 24.8 Å². The zero-order valence-corrected chi connectivity index (χ0v) is 15.5. The molecule has 130 valence electrons. The van der Waals surface area contributed by atoms with Gasteiger partial charge in [-0.05, 0) is 40.0 Å². The molecule has 5 nitrogen and oxygen atoms in total. The number of nitrogens with zero attached hydrogens (tertiary/aromatic N) is 1. The Morgan fingerprint density at radius 1 is 1.18 bits per heavy atom. The van der Waals surface area contributed by atoms with Crippen molar-refractivity contribution in [2.24, 2.45) is 16.3 Å². The van der Waals surface area contributed by atoms with Crippen molar-refractivity contribution in [1.29, 1.82) is 0 Å². The van der Waals surface area contributed by atoms with E-state index in [2.05, 4.69) is 41.7 Å². The minimum Gasteiger partial charge on any atom is -0.359 e. The molecule has 5 heteroatoms. The number of carbonyl (C=O) groups is 1. The first-order valence-corrected chi connectivity index (χ1v) is 8.50. The minimum atomic E-state index is -0.502. The topological polar surface area (TPSA) is 65.5 Å². The van der Waals surface area contributed by atoms with Gasteiger partial charge in [0, 0.05) is 19.6 Å². The molecule has 0 aliphatic heterocycles. The number of aliphatic imine (C=N–C) groups is 1. The standard InChI is InChI=1S/C17H36N4O/c1-8-19-16(20-12-17(5,6)15(22)18-7)21-14(4)11-9-10-13(2)3/h13-14H,8-12H2,1-7H3,(H,18,22)(H2,19,20,21). The van der Waals surface area contributed by atoms with E-state index in [1.165, 1.54) is 12.8 Å². The second-order valence-electron chi connectivity index (χ2n) is 7.03. The fraction of sp³-hybridized carbons (Fsp3) is 0.882. The highest BCUT2D eigenvalue weighted by Gasteiger charge is 2.26. The summed E-state index contributed by atoms with van der Waals surface area (Å²) in [6.45, 7) is 13.8. The number of rotatable bonds is 9. The van der Waals surface area contributed by atoms with Crippen LogP contribution < -0.4 is 16.0 Å². The van der Waals surface area contributed by atoms with Gasteiger partial charge in [-0.3, -0.25) is 9.79 Å². The van der Waals surface area contributed by atoms with E-state index >= 15 is 0 Å². The lowest BCUT2D eigenvalue weighted by atomic mass is 9.93. The van der Waals surface area contributed by atoms with E-state index < -0.39 is 5.41 Å². The van der Waals surface area contributed by atoms with Gasteiger partial charge < -0.3 is 16.0 Å². The molecule has 0 rings (SSSR count). The summed E-state index contributed by atoms with van der Waals surface area (Å²) in [7, 11) is 1.66. The Morgan fingerprint density at radius 3 is 2.32 bits per heavy atom. The van der Waals surface area contributed by atoms with Gasteiger partial charge >= 0.3 is 0 Å². The van der Waals surface area contributed by atoms with Crippen LogP contribution in [0.1, 0.15) is 60.8 Å². The van der Waals surface area contributed by atoms with Crippen LogP contribution in [0, 0.1) is 11.3 Å². The van der Waals surface area contributed by atoms with Crippen molar-refractivity contribution in [1.82, 2.24) is 16.0 Å². The third-order valence-corrected chi connectivity index (χ3v) is 3.62. The molecule has 0 heterocycles. The van der Waals surface area contributed by atoms with Crippen LogP contribution in [0.15, 0.2) is 4.99 Å². The average Bonchev–Trinajstić information content (AvgIpc) is 2.43. The van der Waals surface area contributed by atoms with Gasteiger partial charge in [-0.15, -0.1) is 0 Å². The first-order chi connectivity index (χ1) is 10.2. The molecule has 22 heavy (non-hydrogen) atoms. The first-order valence-electron chi connectivity index (χ1n) is 8.50. The lowest BCUT2D eigenvalue weighted by Gasteiger charge is -2.22. The van der Waals surface area contributed by atoms with Gasteiger partial charge in [0.15, 0.2) is 5.96 Å². The van der Waals surface area contributed by atoms with Crippen molar-refractivity contribution in [2.75, 3.05) is 20.1 Å². The molecular formula is C17H36N4O. The van der Waals surface area contributed by atoms with Crippen LogP contribution in [0.3, 0.4) is 0 Å². The smallest absolute Gasteiger partial charge is 0.227 e. The summed E-state index contributed by atoms with van der Waals surface area (Å²) in [4.78, 5) is 16.4. The molecule has 1 atom stereocenters. The number of carbonyl (C=O) groups excluding carboxylic acids is 1. The molecule has 0 bridgehead atoms. The van der Waals surface area contributed by atoms with Crippen molar-refractivity contribution in [3.8, 4) is 0 Å². The monoisotopic (exact) mass is 312 g/mol. The van der Waals surface area contributed by atoms with Crippen LogP contribution in [0.5, 0.6) is 0 Å². The molecule has 0 aromatic rings. The van der Waals surface area contributed by atoms with Crippen molar-refractivity contribution in [2.45, 2.75) is 66.8 Å². The van der Waals surface area contributed by atoms with Crippen molar-refractivity contribution < 1.29 is 4.79 Å². The fourth-order valence-electron chi connectivity index (χ4n) is 2.14. The molecule has 0 saturated carbocycles. The van der Waals surface area contributed by atoms with Gasteiger partial charge in [0.2, 0.25) is 5.91 Å². The highest BCUT2D eigenvalue weighted by atomic mass is 16.2. The summed E-state index contributed by atoms with van der Waals surface area (Å²) in [6.07, 6.45) is 3.60.